The standard InChI is InChI=1S/C23H26N2O/c1-2-3-9-16-24-23(26)22(25-21-12-5-4-6-13-21)20-15-14-18-10-7-8-11-19(18)17-20/h4-8,10-15,17,22,25H,2-3,9,16H2,1H3,(H,24,26). The number of anilines is 1. The SMILES string of the molecule is CCCCCNC(=O)C(Nc1ccccc1)c1ccc2ccccc2c1. The summed E-state index contributed by atoms with van der Waals surface area (Å²) < 4.78 is 0. The third-order valence-corrected chi connectivity index (χ3v) is 4.53. The van der Waals surface area contributed by atoms with E-state index in [4.69, 9.17) is 0 Å². The van der Waals surface area contributed by atoms with E-state index in [9.17, 15) is 4.79 Å². The summed E-state index contributed by atoms with van der Waals surface area (Å²) in [6, 6.07) is 23.9. The highest BCUT2D eigenvalue weighted by atomic mass is 16.2. The van der Waals surface area contributed by atoms with E-state index in [0.29, 0.717) is 6.54 Å². The van der Waals surface area contributed by atoms with Crippen molar-refractivity contribution in [2.75, 3.05) is 11.9 Å². The minimum absolute atomic E-state index is 0.0141. The molecule has 0 aliphatic carbocycles. The molecule has 134 valence electrons. The first-order valence-corrected chi connectivity index (χ1v) is 9.36. The second kappa shape index (κ2) is 9.04. The number of hydrogen-bond acceptors (Lipinski definition) is 2. The second-order valence-electron chi connectivity index (χ2n) is 6.55. The Morgan fingerprint density at radius 1 is 0.885 bits per heavy atom. The topological polar surface area (TPSA) is 41.1 Å². The first-order chi connectivity index (χ1) is 12.8. The van der Waals surface area contributed by atoms with Gasteiger partial charge in [0.05, 0.1) is 0 Å². The number of nitrogens with one attached hydrogen (secondary N) is 2. The molecule has 0 heterocycles. The van der Waals surface area contributed by atoms with Gasteiger partial charge in [-0.1, -0.05) is 74.4 Å². The van der Waals surface area contributed by atoms with E-state index in [-0.39, 0.29) is 5.91 Å². The van der Waals surface area contributed by atoms with E-state index in [1.807, 2.05) is 48.5 Å². The molecule has 1 amide bonds. The quantitative estimate of drug-likeness (QED) is 0.543. The number of benzene rings is 3. The van der Waals surface area contributed by atoms with Gasteiger partial charge in [-0.25, -0.2) is 0 Å². The Balaban J connectivity index is 1.84. The molecular weight excluding hydrogens is 320 g/mol. The Bertz CT molecular complexity index is 845. The first kappa shape index (κ1) is 18.0. The molecule has 0 fully saturated rings. The number of unbranched alkanes of at least 4 members (excludes halogenated alkanes) is 2. The lowest BCUT2D eigenvalue weighted by molar-refractivity contribution is -0.121. The third kappa shape index (κ3) is 4.63. The molecule has 3 aromatic rings. The average molecular weight is 346 g/mol. The van der Waals surface area contributed by atoms with Gasteiger partial charge in [-0.3, -0.25) is 4.79 Å². The van der Waals surface area contributed by atoms with Gasteiger partial charge in [-0.15, -0.1) is 0 Å². The summed E-state index contributed by atoms with van der Waals surface area (Å²) in [5.41, 5.74) is 1.91. The average Bonchev–Trinajstić information content (AvgIpc) is 2.69. The lowest BCUT2D eigenvalue weighted by Crippen LogP contribution is -2.34. The number of carbonyl (C=O) groups excluding carboxylic acids is 1. The summed E-state index contributed by atoms with van der Waals surface area (Å²) in [7, 11) is 0. The fourth-order valence-corrected chi connectivity index (χ4v) is 3.08. The van der Waals surface area contributed by atoms with Gasteiger partial charge in [0.1, 0.15) is 6.04 Å². The van der Waals surface area contributed by atoms with Crippen molar-refractivity contribution in [3.05, 3.63) is 78.4 Å². The molecule has 0 saturated heterocycles. The number of fused-ring (bicyclic) bond motifs is 1. The molecular formula is C23H26N2O. The minimum atomic E-state index is -0.413. The van der Waals surface area contributed by atoms with Crippen LogP contribution in [0.4, 0.5) is 5.69 Å². The lowest BCUT2D eigenvalue weighted by Gasteiger charge is -2.20. The van der Waals surface area contributed by atoms with Crippen LogP contribution in [0, 0.1) is 0 Å². The smallest absolute Gasteiger partial charge is 0.247 e. The zero-order valence-corrected chi connectivity index (χ0v) is 15.2. The van der Waals surface area contributed by atoms with Crippen molar-refractivity contribution >= 4 is 22.4 Å². The molecule has 2 N–H and O–H groups in total. The fourth-order valence-electron chi connectivity index (χ4n) is 3.08. The van der Waals surface area contributed by atoms with Crippen molar-refractivity contribution in [1.82, 2.24) is 5.32 Å². The maximum Gasteiger partial charge on any atom is 0.247 e. The summed E-state index contributed by atoms with van der Waals surface area (Å²) in [5.74, 6) is 0.0141. The van der Waals surface area contributed by atoms with Crippen LogP contribution in [-0.4, -0.2) is 12.5 Å². The summed E-state index contributed by atoms with van der Waals surface area (Å²) >= 11 is 0. The van der Waals surface area contributed by atoms with Crippen LogP contribution in [0.25, 0.3) is 10.8 Å². The van der Waals surface area contributed by atoms with Crippen molar-refractivity contribution in [2.45, 2.75) is 32.2 Å². The maximum absolute atomic E-state index is 12.9. The Hall–Kier alpha value is -2.81. The van der Waals surface area contributed by atoms with Gasteiger partial charge in [0.2, 0.25) is 5.91 Å². The molecule has 0 spiro atoms. The summed E-state index contributed by atoms with van der Waals surface area (Å²) in [5, 5.41) is 8.79. The molecule has 0 aliphatic rings. The largest absolute Gasteiger partial charge is 0.370 e. The van der Waals surface area contributed by atoms with Crippen molar-refractivity contribution in [2.24, 2.45) is 0 Å². The predicted molar refractivity (Wildman–Crippen MR) is 109 cm³/mol. The van der Waals surface area contributed by atoms with Gasteiger partial charge in [-0.05, 0) is 41.0 Å². The van der Waals surface area contributed by atoms with E-state index < -0.39 is 6.04 Å². The zero-order chi connectivity index (χ0) is 18.2. The number of para-hydroxylation sites is 1. The van der Waals surface area contributed by atoms with Crippen LogP contribution < -0.4 is 10.6 Å². The molecule has 3 aromatic carbocycles. The first-order valence-electron chi connectivity index (χ1n) is 9.36. The van der Waals surface area contributed by atoms with Gasteiger partial charge >= 0.3 is 0 Å². The summed E-state index contributed by atoms with van der Waals surface area (Å²) in [6.07, 6.45) is 3.29. The van der Waals surface area contributed by atoms with Gasteiger partial charge in [0.15, 0.2) is 0 Å². The van der Waals surface area contributed by atoms with Crippen LogP contribution in [0.2, 0.25) is 0 Å². The molecule has 3 heteroatoms. The van der Waals surface area contributed by atoms with Crippen molar-refractivity contribution < 1.29 is 4.79 Å². The molecule has 0 radical (unpaired) electrons. The summed E-state index contributed by atoms with van der Waals surface area (Å²) in [6.45, 7) is 2.88. The molecule has 3 nitrogen and oxygen atoms in total. The normalized spacial score (nSPS) is 11.9. The lowest BCUT2D eigenvalue weighted by atomic mass is 10.0. The van der Waals surface area contributed by atoms with Gasteiger partial charge < -0.3 is 10.6 Å². The maximum atomic E-state index is 12.9. The van der Waals surface area contributed by atoms with Gasteiger partial charge in [-0.2, -0.15) is 0 Å². The molecule has 26 heavy (non-hydrogen) atoms. The molecule has 0 saturated carbocycles. The molecule has 1 atom stereocenters. The van der Waals surface area contributed by atoms with Crippen LogP contribution in [-0.2, 0) is 4.79 Å². The van der Waals surface area contributed by atoms with Crippen molar-refractivity contribution in [3.63, 3.8) is 0 Å². The highest BCUT2D eigenvalue weighted by Gasteiger charge is 2.20. The van der Waals surface area contributed by atoms with Crippen LogP contribution in [0.1, 0.15) is 37.8 Å². The zero-order valence-electron chi connectivity index (χ0n) is 15.2. The minimum Gasteiger partial charge on any atom is -0.370 e. The van der Waals surface area contributed by atoms with E-state index in [1.54, 1.807) is 0 Å². The van der Waals surface area contributed by atoms with Crippen LogP contribution in [0.15, 0.2) is 72.8 Å². The molecule has 3 rings (SSSR count). The molecule has 1 unspecified atom stereocenters. The van der Waals surface area contributed by atoms with E-state index in [1.165, 1.54) is 5.39 Å². The van der Waals surface area contributed by atoms with Gasteiger partial charge in [0, 0.05) is 12.2 Å². The Morgan fingerprint density at radius 3 is 2.38 bits per heavy atom. The summed E-state index contributed by atoms with van der Waals surface area (Å²) in [4.78, 5) is 12.9. The van der Waals surface area contributed by atoms with Gasteiger partial charge in [0.25, 0.3) is 0 Å². The van der Waals surface area contributed by atoms with E-state index in [2.05, 4.69) is 41.8 Å². The molecule has 0 aliphatic heterocycles. The monoisotopic (exact) mass is 346 g/mol. The number of carbonyl (C=O) groups is 1. The second-order valence-corrected chi connectivity index (χ2v) is 6.55. The van der Waals surface area contributed by atoms with Crippen molar-refractivity contribution in [1.29, 1.82) is 0 Å². The van der Waals surface area contributed by atoms with E-state index >= 15 is 0 Å². The van der Waals surface area contributed by atoms with Crippen LogP contribution in [0.5, 0.6) is 0 Å². The Labute approximate surface area is 155 Å². The van der Waals surface area contributed by atoms with Crippen LogP contribution in [0.3, 0.4) is 0 Å². The van der Waals surface area contributed by atoms with Crippen molar-refractivity contribution in [3.8, 4) is 0 Å². The highest BCUT2D eigenvalue weighted by Crippen LogP contribution is 2.24. The number of hydrogen-bond donors (Lipinski definition) is 2. The third-order valence-electron chi connectivity index (χ3n) is 4.53. The Morgan fingerprint density at radius 2 is 1.62 bits per heavy atom. The predicted octanol–water partition coefficient (Wildman–Crippen LogP) is 5.30. The van der Waals surface area contributed by atoms with E-state index in [0.717, 1.165) is 35.9 Å². The Kier molecular flexibility index (Phi) is 6.26. The number of rotatable bonds is 8. The highest BCUT2D eigenvalue weighted by molar-refractivity contribution is 5.89. The number of amides is 1. The molecule has 0 aromatic heterocycles. The van der Waals surface area contributed by atoms with Crippen LogP contribution >= 0.6 is 0 Å². The molecule has 0 bridgehead atoms. The fraction of sp³-hybridized carbons (Fsp3) is 0.261.